The zero-order chi connectivity index (χ0) is 14.5. The molecule has 1 fully saturated rings. The standard InChI is InChI=1S/C17H27ClO2/c1-12(2)5-4-6-14-7-8-16(13(3)9-14)17-19-11-15(10-18)20-17/h5,7,13,15-17H,4,6,8-11H2,1-3H3/t13-,15+,16+,17+/m0/s1. The molecule has 0 aromatic heterocycles. The van der Waals surface area contributed by atoms with Crippen molar-refractivity contribution in [2.24, 2.45) is 11.8 Å². The highest BCUT2D eigenvalue weighted by Gasteiger charge is 2.36. The Morgan fingerprint density at radius 3 is 2.85 bits per heavy atom. The number of rotatable bonds is 5. The third-order valence-corrected chi connectivity index (χ3v) is 4.65. The summed E-state index contributed by atoms with van der Waals surface area (Å²) in [4.78, 5) is 0. The highest BCUT2D eigenvalue weighted by molar-refractivity contribution is 6.18. The van der Waals surface area contributed by atoms with Gasteiger partial charge in [0.25, 0.3) is 0 Å². The topological polar surface area (TPSA) is 18.5 Å². The lowest BCUT2D eigenvalue weighted by Crippen LogP contribution is -2.30. The quantitative estimate of drug-likeness (QED) is 0.542. The predicted octanol–water partition coefficient (Wildman–Crippen LogP) is 4.69. The van der Waals surface area contributed by atoms with Gasteiger partial charge in [0.1, 0.15) is 0 Å². The summed E-state index contributed by atoms with van der Waals surface area (Å²) < 4.78 is 11.6. The smallest absolute Gasteiger partial charge is 0.161 e. The second kappa shape index (κ2) is 7.63. The molecule has 3 heteroatoms. The molecule has 4 atom stereocenters. The molecular formula is C17H27ClO2. The molecule has 0 saturated carbocycles. The lowest BCUT2D eigenvalue weighted by atomic mass is 9.79. The largest absolute Gasteiger partial charge is 0.350 e. The molecule has 0 spiro atoms. The zero-order valence-electron chi connectivity index (χ0n) is 12.9. The number of halogens is 1. The fourth-order valence-corrected chi connectivity index (χ4v) is 3.25. The average Bonchev–Trinajstić information content (AvgIpc) is 2.87. The van der Waals surface area contributed by atoms with Gasteiger partial charge in [-0.25, -0.2) is 0 Å². The Morgan fingerprint density at radius 2 is 2.25 bits per heavy atom. The van der Waals surface area contributed by atoms with E-state index in [4.69, 9.17) is 21.1 Å². The minimum atomic E-state index is -0.0515. The number of allylic oxidation sites excluding steroid dienone is 4. The van der Waals surface area contributed by atoms with Crippen molar-refractivity contribution in [2.75, 3.05) is 12.5 Å². The van der Waals surface area contributed by atoms with Crippen LogP contribution in [0.25, 0.3) is 0 Å². The molecule has 2 nitrogen and oxygen atoms in total. The second-order valence-electron chi connectivity index (χ2n) is 6.38. The van der Waals surface area contributed by atoms with E-state index in [0.717, 1.165) is 12.8 Å². The Bertz CT molecular complexity index is 371. The van der Waals surface area contributed by atoms with Crippen molar-refractivity contribution in [2.45, 2.75) is 58.8 Å². The molecule has 1 saturated heterocycles. The van der Waals surface area contributed by atoms with E-state index in [1.807, 2.05) is 0 Å². The Morgan fingerprint density at radius 1 is 1.45 bits per heavy atom. The van der Waals surface area contributed by atoms with Gasteiger partial charge < -0.3 is 9.47 Å². The van der Waals surface area contributed by atoms with E-state index < -0.39 is 0 Å². The zero-order valence-corrected chi connectivity index (χ0v) is 13.7. The first-order valence-electron chi connectivity index (χ1n) is 7.74. The third-order valence-electron chi connectivity index (χ3n) is 4.31. The van der Waals surface area contributed by atoms with E-state index in [1.165, 1.54) is 18.4 Å². The fraction of sp³-hybridized carbons (Fsp3) is 0.765. The van der Waals surface area contributed by atoms with Gasteiger partial charge in [-0.3, -0.25) is 0 Å². The Kier molecular flexibility index (Phi) is 6.13. The summed E-state index contributed by atoms with van der Waals surface area (Å²) in [6, 6.07) is 0. The molecule has 0 radical (unpaired) electrons. The lowest BCUT2D eigenvalue weighted by Gasteiger charge is -2.32. The molecule has 1 heterocycles. The van der Waals surface area contributed by atoms with Crippen LogP contribution in [0.1, 0.15) is 46.5 Å². The Hall–Kier alpha value is -0.310. The van der Waals surface area contributed by atoms with Crippen LogP contribution in [0.2, 0.25) is 0 Å². The van der Waals surface area contributed by atoms with Crippen LogP contribution < -0.4 is 0 Å². The summed E-state index contributed by atoms with van der Waals surface area (Å²) >= 11 is 5.83. The van der Waals surface area contributed by atoms with Crippen molar-refractivity contribution in [3.05, 3.63) is 23.3 Å². The summed E-state index contributed by atoms with van der Waals surface area (Å²) in [7, 11) is 0. The van der Waals surface area contributed by atoms with Gasteiger partial charge >= 0.3 is 0 Å². The fourth-order valence-electron chi connectivity index (χ4n) is 3.09. The Labute approximate surface area is 128 Å². The lowest BCUT2D eigenvalue weighted by molar-refractivity contribution is -0.108. The molecule has 0 unspecified atom stereocenters. The summed E-state index contributed by atoms with van der Waals surface area (Å²) in [5.41, 5.74) is 3.00. The summed E-state index contributed by atoms with van der Waals surface area (Å²) in [5, 5.41) is 0. The highest BCUT2D eigenvalue weighted by Crippen LogP contribution is 2.37. The van der Waals surface area contributed by atoms with Crippen LogP contribution in [0.5, 0.6) is 0 Å². The molecule has 2 aliphatic rings. The van der Waals surface area contributed by atoms with Crippen molar-refractivity contribution >= 4 is 11.6 Å². The summed E-state index contributed by atoms with van der Waals surface area (Å²) in [6.45, 7) is 7.29. The third kappa shape index (κ3) is 4.34. The second-order valence-corrected chi connectivity index (χ2v) is 6.69. The van der Waals surface area contributed by atoms with Crippen molar-refractivity contribution in [1.29, 1.82) is 0 Å². The van der Waals surface area contributed by atoms with Crippen LogP contribution >= 0.6 is 11.6 Å². The van der Waals surface area contributed by atoms with Gasteiger partial charge in [0.2, 0.25) is 0 Å². The van der Waals surface area contributed by atoms with E-state index in [0.29, 0.717) is 24.3 Å². The first kappa shape index (κ1) is 16.1. The maximum Gasteiger partial charge on any atom is 0.161 e. The molecule has 0 aromatic carbocycles. The van der Waals surface area contributed by atoms with Gasteiger partial charge in [0, 0.05) is 5.92 Å². The van der Waals surface area contributed by atoms with Gasteiger partial charge in [0.15, 0.2) is 6.29 Å². The van der Waals surface area contributed by atoms with E-state index in [9.17, 15) is 0 Å². The van der Waals surface area contributed by atoms with Gasteiger partial charge in [-0.1, -0.05) is 30.2 Å². The van der Waals surface area contributed by atoms with Crippen LogP contribution in [0.4, 0.5) is 0 Å². The van der Waals surface area contributed by atoms with Crippen molar-refractivity contribution in [3.63, 3.8) is 0 Å². The number of hydrogen-bond acceptors (Lipinski definition) is 2. The van der Waals surface area contributed by atoms with E-state index in [1.54, 1.807) is 5.57 Å². The van der Waals surface area contributed by atoms with Crippen LogP contribution in [0.15, 0.2) is 23.3 Å². The number of ether oxygens (including phenoxy) is 2. The first-order valence-corrected chi connectivity index (χ1v) is 8.28. The van der Waals surface area contributed by atoms with Gasteiger partial charge in [0.05, 0.1) is 18.6 Å². The van der Waals surface area contributed by atoms with Crippen molar-refractivity contribution in [1.82, 2.24) is 0 Å². The molecule has 114 valence electrons. The van der Waals surface area contributed by atoms with E-state index in [2.05, 4.69) is 32.9 Å². The van der Waals surface area contributed by atoms with Crippen LogP contribution in [0, 0.1) is 11.8 Å². The average molecular weight is 299 g/mol. The van der Waals surface area contributed by atoms with Crippen LogP contribution in [-0.4, -0.2) is 24.9 Å². The van der Waals surface area contributed by atoms with Crippen molar-refractivity contribution in [3.8, 4) is 0 Å². The number of hydrogen-bond donors (Lipinski definition) is 0. The molecule has 0 N–H and O–H groups in total. The highest BCUT2D eigenvalue weighted by atomic mass is 35.5. The molecule has 1 aliphatic carbocycles. The first-order chi connectivity index (χ1) is 9.60. The minimum absolute atomic E-state index is 0.0515. The normalized spacial score (nSPS) is 33.9. The van der Waals surface area contributed by atoms with Gasteiger partial charge in [-0.05, 0) is 45.4 Å². The molecular weight excluding hydrogens is 272 g/mol. The van der Waals surface area contributed by atoms with Crippen LogP contribution in [-0.2, 0) is 9.47 Å². The number of alkyl halides is 1. The molecule has 20 heavy (non-hydrogen) atoms. The summed E-state index contributed by atoms with van der Waals surface area (Å²) in [6.07, 6.45) is 9.37. The summed E-state index contributed by atoms with van der Waals surface area (Å²) in [5.74, 6) is 1.64. The molecule has 2 rings (SSSR count). The maximum atomic E-state index is 5.88. The van der Waals surface area contributed by atoms with Gasteiger partial charge in [-0.2, -0.15) is 0 Å². The molecule has 0 amide bonds. The molecule has 0 aromatic rings. The minimum Gasteiger partial charge on any atom is -0.350 e. The predicted molar refractivity (Wildman–Crippen MR) is 84.0 cm³/mol. The SMILES string of the molecule is CC(C)=CCCC1=CC[C@@H]([C@@H]2OC[C@@H](CCl)O2)[C@@H](C)C1. The van der Waals surface area contributed by atoms with E-state index in [-0.39, 0.29) is 12.4 Å². The van der Waals surface area contributed by atoms with Gasteiger partial charge in [-0.15, -0.1) is 11.6 Å². The monoisotopic (exact) mass is 298 g/mol. The molecule has 1 aliphatic heterocycles. The Balaban J connectivity index is 1.84. The van der Waals surface area contributed by atoms with E-state index >= 15 is 0 Å². The molecule has 0 bridgehead atoms. The maximum absolute atomic E-state index is 5.88. The van der Waals surface area contributed by atoms with Crippen LogP contribution in [0.3, 0.4) is 0 Å². The van der Waals surface area contributed by atoms with Crippen molar-refractivity contribution < 1.29 is 9.47 Å².